The van der Waals surface area contributed by atoms with Gasteiger partial charge in [0.2, 0.25) is 5.91 Å². The van der Waals surface area contributed by atoms with Gasteiger partial charge in [0.1, 0.15) is 11.5 Å². The Kier molecular flexibility index (Phi) is 5.27. The summed E-state index contributed by atoms with van der Waals surface area (Å²) >= 11 is 0. The van der Waals surface area contributed by atoms with E-state index in [0.717, 1.165) is 36.7 Å². The van der Waals surface area contributed by atoms with Crippen molar-refractivity contribution >= 4 is 11.6 Å². The van der Waals surface area contributed by atoms with Gasteiger partial charge in [-0.15, -0.1) is 0 Å². The van der Waals surface area contributed by atoms with Crippen molar-refractivity contribution in [2.75, 3.05) is 18.4 Å². The second-order valence-corrected chi connectivity index (χ2v) is 5.89. The minimum absolute atomic E-state index is 0.0774. The molecule has 3 rings (SSSR count). The topological polar surface area (TPSA) is 50.4 Å². The number of amides is 1. The van der Waals surface area contributed by atoms with Gasteiger partial charge in [0.15, 0.2) is 0 Å². The van der Waals surface area contributed by atoms with Crippen LogP contribution in [0.2, 0.25) is 0 Å². The van der Waals surface area contributed by atoms with Crippen LogP contribution in [0.4, 0.5) is 5.69 Å². The Morgan fingerprint density at radius 1 is 1.09 bits per heavy atom. The van der Waals surface area contributed by atoms with E-state index in [1.807, 2.05) is 54.6 Å². The van der Waals surface area contributed by atoms with Crippen molar-refractivity contribution in [1.82, 2.24) is 5.32 Å². The first-order valence-electron chi connectivity index (χ1n) is 8.13. The Labute approximate surface area is 136 Å². The lowest BCUT2D eigenvalue weighted by molar-refractivity contribution is -0.116. The first-order valence-corrected chi connectivity index (χ1v) is 8.13. The van der Waals surface area contributed by atoms with Crippen molar-refractivity contribution < 1.29 is 9.53 Å². The van der Waals surface area contributed by atoms with Gasteiger partial charge in [-0.1, -0.05) is 18.2 Å². The van der Waals surface area contributed by atoms with Crippen LogP contribution in [0.3, 0.4) is 0 Å². The quantitative estimate of drug-likeness (QED) is 0.853. The third kappa shape index (κ3) is 4.83. The number of carbonyl (C=O) groups is 1. The average molecular weight is 310 g/mol. The van der Waals surface area contributed by atoms with E-state index in [4.69, 9.17) is 4.74 Å². The van der Waals surface area contributed by atoms with Crippen LogP contribution in [0, 0.1) is 5.92 Å². The van der Waals surface area contributed by atoms with E-state index in [-0.39, 0.29) is 5.91 Å². The highest BCUT2D eigenvalue weighted by Crippen LogP contribution is 2.23. The molecule has 2 aromatic carbocycles. The minimum atomic E-state index is 0.0774. The molecule has 0 radical (unpaired) electrons. The van der Waals surface area contributed by atoms with Gasteiger partial charge in [-0.3, -0.25) is 4.79 Å². The summed E-state index contributed by atoms with van der Waals surface area (Å²) in [4.78, 5) is 12.0. The molecule has 1 unspecified atom stereocenters. The molecule has 1 saturated heterocycles. The number of nitrogens with one attached hydrogen (secondary N) is 2. The predicted octanol–water partition coefficient (Wildman–Crippen LogP) is 3.81. The first kappa shape index (κ1) is 15.6. The number of hydrogen-bond acceptors (Lipinski definition) is 3. The van der Waals surface area contributed by atoms with Gasteiger partial charge >= 0.3 is 0 Å². The smallest absolute Gasteiger partial charge is 0.224 e. The van der Waals surface area contributed by atoms with Gasteiger partial charge in [0.05, 0.1) is 0 Å². The van der Waals surface area contributed by atoms with Crippen LogP contribution in [0.25, 0.3) is 0 Å². The lowest BCUT2D eigenvalue weighted by Gasteiger charge is -2.10. The Morgan fingerprint density at radius 2 is 1.83 bits per heavy atom. The molecule has 0 saturated carbocycles. The van der Waals surface area contributed by atoms with E-state index in [1.165, 1.54) is 6.42 Å². The molecule has 4 nitrogen and oxygen atoms in total. The van der Waals surface area contributed by atoms with Crippen LogP contribution in [0.1, 0.15) is 19.3 Å². The molecule has 1 aliphatic heterocycles. The van der Waals surface area contributed by atoms with Gasteiger partial charge in [-0.2, -0.15) is 0 Å². The molecule has 0 aromatic heterocycles. The summed E-state index contributed by atoms with van der Waals surface area (Å²) in [6, 6.07) is 17.1. The normalized spacial score (nSPS) is 17.0. The number of carbonyl (C=O) groups excluding carboxylic acids is 1. The Morgan fingerprint density at radius 3 is 2.52 bits per heavy atom. The third-order valence-electron chi connectivity index (χ3n) is 4.06. The Bertz CT molecular complexity index is 620. The third-order valence-corrected chi connectivity index (χ3v) is 4.06. The molecule has 4 heteroatoms. The number of benzene rings is 2. The zero-order valence-electron chi connectivity index (χ0n) is 13.1. The fraction of sp³-hybridized carbons (Fsp3) is 0.316. The molecule has 0 aliphatic carbocycles. The Balaban J connectivity index is 1.47. The predicted molar refractivity (Wildman–Crippen MR) is 91.8 cm³/mol. The zero-order chi connectivity index (χ0) is 15.9. The number of anilines is 1. The SMILES string of the molecule is O=C(CCC1CCNC1)Nc1ccc(Oc2ccccc2)cc1. The van der Waals surface area contributed by atoms with Gasteiger partial charge in [0, 0.05) is 12.1 Å². The van der Waals surface area contributed by atoms with Gasteiger partial charge in [0.25, 0.3) is 0 Å². The van der Waals surface area contributed by atoms with Crippen LogP contribution in [0.15, 0.2) is 54.6 Å². The van der Waals surface area contributed by atoms with E-state index in [2.05, 4.69) is 10.6 Å². The van der Waals surface area contributed by atoms with Crippen molar-refractivity contribution in [2.24, 2.45) is 5.92 Å². The van der Waals surface area contributed by atoms with E-state index in [1.54, 1.807) is 0 Å². The molecule has 2 N–H and O–H groups in total. The van der Waals surface area contributed by atoms with Crippen LogP contribution in [-0.2, 0) is 4.79 Å². The summed E-state index contributed by atoms with van der Waals surface area (Å²) < 4.78 is 5.73. The van der Waals surface area contributed by atoms with Crippen LogP contribution in [0.5, 0.6) is 11.5 Å². The zero-order valence-corrected chi connectivity index (χ0v) is 13.1. The van der Waals surface area contributed by atoms with Crippen LogP contribution < -0.4 is 15.4 Å². The largest absolute Gasteiger partial charge is 0.457 e. The molecule has 1 aliphatic rings. The average Bonchev–Trinajstić information content (AvgIpc) is 3.09. The highest BCUT2D eigenvalue weighted by Gasteiger charge is 2.15. The molecule has 0 bridgehead atoms. The lowest BCUT2D eigenvalue weighted by atomic mass is 10.0. The van der Waals surface area contributed by atoms with Crippen molar-refractivity contribution in [3.8, 4) is 11.5 Å². The maximum Gasteiger partial charge on any atom is 0.224 e. The van der Waals surface area contributed by atoms with E-state index >= 15 is 0 Å². The summed E-state index contributed by atoms with van der Waals surface area (Å²) in [5.41, 5.74) is 0.806. The molecular formula is C19H22N2O2. The summed E-state index contributed by atoms with van der Waals surface area (Å²) in [5, 5.41) is 6.27. The van der Waals surface area contributed by atoms with Gasteiger partial charge < -0.3 is 15.4 Å². The van der Waals surface area contributed by atoms with Gasteiger partial charge in [-0.05, 0) is 68.2 Å². The summed E-state index contributed by atoms with van der Waals surface area (Å²) in [6.07, 6.45) is 2.71. The van der Waals surface area contributed by atoms with Crippen LogP contribution >= 0.6 is 0 Å². The molecule has 1 heterocycles. The standard InChI is InChI=1S/C19H22N2O2/c22-19(11-6-15-12-13-20-14-15)21-16-7-9-18(10-8-16)23-17-4-2-1-3-5-17/h1-5,7-10,15,20H,6,11-14H2,(H,21,22). The van der Waals surface area contributed by atoms with Crippen molar-refractivity contribution in [1.29, 1.82) is 0 Å². The molecular weight excluding hydrogens is 288 g/mol. The highest BCUT2D eigenvalue weighted by molar-refractivity contribution is 5.90. The van der Waals surface area contributed by atoms with Crippen molar-refractivity contribution in [2.45, 2.75) is 19.3 Å². The Hall–Kier alpha value is -2.33. The number of para-hydroxylation sites is 1. The second-order valence-electron chi connectivity index (χ2n) is 5.89. The van der Waals surface area contributed by atoms with E-state index in [0.29, 0.717) is 12.3 Å². The maximum atomic E-state index is 12.0. The first-order chi connectivity index (χ1) is 11.3. The fourth-order valence-electron chi connectivity index (χ4n) is 2.75. The van der Waals surface area contributed by atoms with Crippen molar-refractivity contribution in [3.05, 3.63) is 54.6 Å². The molecule has 1 fully saturated rings. The molecule has 0 spiro atoms. The van der Waals surface area contributed by atoms with E-state index in [9.17, 15) is 4.79 Å². The molecule has 2 aromatic rings. The van der Waals surface area contributed by atoms with Crippen molar-refractivity contribution in [3.63, 3.8) is 0 Å². The number of hydrogen-bond donors (Lipinski definition) is 2. The molecule has 1 amide bonds. The molecule has 1 atom stereocenters. The minimum Gasteiger partial charge on any atom is -0.457 e. The lowest BCUT2D eigenvalue weighted by Crippen LogP contribution is -2.14. The maximum absolute atomic E-state index is 12.0. The van der Waals surface area contributed by atoms with Crippen LogP contribution in [-0.4, -0.2) is 19.0 Å². The summed E-state index contributed by atoms with van der Waals surface area (Å²) in [6.45, 7) is 2.12. The second kappa shape index (κ2) is 7.79. The summed E-state index contributed by atoms with van der Waals surface area (Å²) in [7, 11) is 0. The summed E-state index contributed by atoms with van der Waals surface area (Å²) in [5.74, 6) is 2.27. The fourth-order valence-corrected chi connectivity index (χ4v) is 2.75. The number of ether oxygens (including phenoxy) is 1. The van der Waals surface area contributed by atoms with E-state index < -0.39 is 0 Å². The number of rotatable bonds is 6. The molecule has 120 valence electrons. The van der Waals surface area contributed by atoms with Gasteiger partial charge in [-0.25, -0.2) is 0 Å². The monoisotopic (exact) mass is 310 g/mol. The molecule has 23 heavy (non-hydrogen) atoms. The highest BCUT2D eigenvalue weighted by atomic mass is 16.5.